The normalized spacial score (nSPS) is 17.1. The molecule has 136 valence electrons. The Balaban J connectivity index is 3.00. The average Bonchev–Trinajstić information content (AvgIpc) is 2.59. The summed E-state index contributed by atoms with van der Waals surface area (Å²) in [6.07, 6.45) is 0.270. The molecule has 2 atom stereocenters. The Labute approximate surface area is 143 Å². The Hall–Kier alpha value is -1.76. The molecule has 0 bridgehead atoms. The molecular formula is C17H28N2O5. The van der Waals surface area contributed by atoms with Crippen molar-refractivity contribution in [3.63, 3.8) is 0 Å². The van der Waals surface area contributed by atoms with Crippen LogP contribution in [-0.4, -0.2) is 72.6 Å². The van der Waals surface area contributed by atoms with Crippen LogP contribution in [0.15, 0.2) is 0 Å². The van der Waals surface area contributed by atoms with E-state index < -0.39 is 23.5 Å². The molecule has 24 heavy (non-hydrogen) atoms. The van der Waals surface area contributed by atoms with Crippen molar-refractivity contribution >= 4 is 23.4 Å². The lowest BCUT2D eigenvalue weighted by molar-refractivity contribution is -0.154. The van der Waals surface area contributed by atoms with E-state index in [-0.39, 0.29) is 18.1 Å². The van der Waals surface area contributed by atoms with Crippen LogP contribution in [-0.2, 0) is 23.9 Å². The molecule has 0 aromatic heterocycles. The molecule has 1 rings (SSSR count). The van der Waals surface area contributed by atoms with Crippen LogP contribution in [0.5, 0.6) is 0 Å². The quantitative estimate of drug-likeness (QED) is 0.475. The Kier molecular flexibility index (Phi) is 8.04. The predicted octanol–water partition coefficient (Wildman–Crippen LogP) is 0.514. The molecule has 0 unspecified atom stereocenters. The number of carbonyl (C=O) groups excluding carboxylic acids is 4. The fraction of sp³-hybridized carbons (Fsp3) is 0.765. The van der Waals surface area contributed by atoms with Crippen molar-refractivity contribution in [2.24, 2.45) is 11.8 Å². The van der Waals surface area contributed by atoms with Crippen LogP contribution in [0, 0.1) is 11.8 Å². The van der Waals surface area contributed by atoms with Crippen LogP contribution in [0.1, 0.15) is 34.1 Å². The lowest BCUT2D eigenvalue weighted by Gasteiger charge is -2.30. The van der Waals surface area contributed by atoms with Crippen LogP contribution in [0.4, 0.5) is 0 Å². The molecule has 2 amide bonds. The summed E-state index contributed by atoms with van der Waals surface area (Å²) in [4.78, 5) is 52.8. The van der Waals surface area contributed by atoms with Gasteiger partial charge in [-0.25, -0.2) is 0 Å². The largest absolute Gasteiger partial charge is 0.378 e. The molecule has 0 saturated carbocycles. The Bertz CT molecular complexity index is 481. The van der Waals surface area contributed by atoms with Crippen molar-refractivity contribution in [1.29, 1.82) is 0 Å². The molecule has 0 spiro atoms. The van der Waals surface area contributed by atoms with Crippen molar-refractivity contribution in [2.75, 3.05) is 39.4 Å². The zero-order valence-corrected chi connectivity index (χ0v) is 15.0. The van der Waals surface area contributed by atoms with Gasteiger partial charge in [0.1, 0.15) is 11.7 Å². The third-order valence-electron chi connectivity index (χ3n) is 4.47. The van der Waals surface area contributed by atoms with E-state index in [0.717, 1.165) is 0 Å². The SMILES string of the molecule is CC[C@@H](C(=O)C(=O)N1CCOCC1)[C@H](C(C)=O)C(=O)N(CC)CC. The van der Waals surface area contributed by atoms with E-state index in [9.17, 15) is 19.2 Å². The number of morpholine rings is 1. The van der Waals surface area contributed by atoms with Crippen molar-refractivity contribution < 1.29 is 23.9 Å². The topological polar surface area (TPSA) is 84.0 Å². The van der Waals surface area contributed by atoms with Gasteiger partial charge in [0.2, 0.25) is 11.7 Å². The Morgan fingerprint density at radius 3 is 2.00 bits per heavy atom. The highest BCUT2D eigenvalue weighted by Crippen LogP contribution is 2.22. The first-order valence-electron chi connectivity index (χ1n) is 8.58. The van der Waals surface area contributed by atoms with Gasteiger partial charge in [-0.05, 0) is 27.2 Å². The Morgan fingerprint density at radius 1 is 1.04 bits per heavy atom. The monoisotopic (exact) mass is 340 g/mol. The molecule has 7 nitrogen and oxygen atoms in total. The van der Waals surface area contributed by atoms with E-state index >= 15 is 0 Å². The fourth-order valence-corrected chi connectivity index (χ4v) is 3.01. The van der Waals surface area contributed by atoms with Gasteiger partial charge in [0.25, 0.3) is 5.91 Å². The fourth-order valence-electron chi connectivity index (χ4n) is 3.01. The van der Waals surface area contributed by atoms with E-state index in [4.69, 9.17) is 4.74 Å². The number of ketones is 2. The minimum atomic E-state index is -1.09. The molecule has 1 fully saturated rings. The number of hydrogen-bond donors (Lipinski definition) is 0. The third kappa shape index (κ3) is 4.63. The van der Waals surface area contributed by atoms with Gasteiger partial charge in [-0.2, -0.15) is 0 Å². The number of nitrogens with zero attached hydrogens (tertiary/aromatic N) is 2. The van der Waals surface area contributed by atoms with Gasteiger partial charge in [0.05, 0.1) is 13.2 Å². The number of hydrogen-bond acceptors (Lipinski definition) is 5. The van der Waals surface area contributed by atoms with E-state index in [1.54, 1.807) is 6.92 Å². The lowest BCUT2D eigenvalue weighted by atomic mass is 9.82. The van der Waals surface area contributed by atoms with Gasteiger partial charge >= 0.3 is 0 Å². The lowest BCUT2D eigenvalue weighted by Crippen LogP contribution is -2.50. The minimum absolute atomic E-state index is 0.270. The second kappa shape index (κ2) is 9.52. The van der Waals surface area contributed by atoms with Gasteiger partial charge in [-0.1, -0.05) is 6.92 Å². The number of rotatable bonds is 8. The van der Waals surface area contributed by atoms with Gasteiger partial charge in [-0.3, -0.25) is 19.2 Å². The number of ether oxygens (including phenoxy) is 1. The van der Waals surface area contributed by atoms with Crippen LogP contribution in [0.2, 0.25) is 0 Å². The van der Waals surface area contributed by atoms with Gasteiger partial charge in [0.15, 0.2) is 0 Å². The molecule has 0 aliphatic carbocycles. The predicted molar refractivity (Wildman–Crippen MR) is 88.3 cm³/mol. The second-order valence-electron chi connectivity index (χ2n) is 5.88. The van der Waals surface area contributed by atoms with Crippen molar-refractivity contribution in [1.82, 2.24) is 9.80 Å². The summed E-state index contributed by atoms with van der Waals surface area (Å²) in [6.45, 7) is 9.09. The minimum Gasteiger partial charge on any atom is -0.378 e. The van der Waals surface area contributed by atoms with Crippen LogP contribution >= 0.6 is 0 Å². The first-order valence-corrected chi connectivity index (χ1v) is 8.58. The van der Waals surface area contributed by atoms with E-state index in [2.05, 4.69) is 0 Å². The maximum absolute atomic E-state index is 12.7. The van der Waals surface area contributed by atoms with E-state index in [1.807, 2.05) is 13.8 Å². The third-order valence-corrected chi connectivity index (χ3v) is 4.47. The smallest absolute Gasteiger partial charge is 0.290 e. The summed E-state index contributed by atoms with van der Waals surface area (Å²) in [5.74, 6) is -4.02. The summed E-state index contributed by atoms with van der Waals surface area (Å²) < 4.78 is 5.18. The summed E-state index contributed by atoms with van der Waals surface area (Å²) in [6, 6.07) is 0. The van der Waals surface area contributed by atoms with E-state index in [1.165, 1.54) is 16.7 Å². The highest BCUT2D eigenvalue weighted by atomic mass is 16.5. The van der Waals surface area contributed by atoms with Gasteiger partial charge < -0.3 is 14.5 Å². The number of Topliss-reactive ketones (excluding diaryl/α,β-unsaturated/α-hetero) is 2. The molecule has 0 aromatic carbocycles. The van der Waals surface area contributed by atoms with E-state index in [0.29, 0.717) is 39.4 Å². The molecule has 1 aliphatic rings. The van der Waals surface area contributed by atoms with Crippen LogP contribution in [0.25, 0.3) is 0 Å². The molecule has 1 saturated heterocycles. The standard InChI is InChI=1S/C17H28N2O5/c1-5-13(14(12(4)20)16(22)18(6-2)7-3)15(21)17(23)19-8-10-24-11-9-19/h13-14H,5-11H2,1-4H3/t13-,14+/m1/s1. The molecule has 0 N–H and O–H groups in total. The summed E-state index contributed by atoms with van der Waals surface area (Å²) in [5.41, 5.74) is 0. The highest BCUT2D eigenvalue weighted by molar-refractivity contribution is 6.37. The maximum atomic E-state index is 12.7. The second-order valence-corrected chi connectivity index (χ2v) is 5.88. The van der Waals surface area contributed by atoms with Gasteiger partial charge in [-0.15, -0.1) is 0 Å². The van der Waals surface area contributed by atoms with Crippen molar-refractivity contribution in [3.8, 4) is 0 Å². The highest BCUT2D eigenvalue weighted by Gasteiger charge is 2.41. The van der Waals surface area contributed by atoms with Crippen LogP contribution < -0.4 is 0 Å². The van der Waals surface area contributed by atoms with Crippen molar-refractivity contribution in [3.05, 3.63) is 0 Å². The first-order chi connectivity index (χ1) is 11.4. The molecule has 1 aliphatic heterocycles. The first kappa shape index (κ1) is 20.3. The molecule has 1 heterocycles. The van der Waals surface area contributed by atoms with Gasteiger partial charge in [0, 0.05) is 32.1 Å². The molecule has 0 radical (unpaired) electrons. The zero-order valence-electron chi connectivity index (χ0n) is 15.0. The summed E-state index contributed by atoms with van der Waals surface area (Å²) in [7, 11) is 0. The molecule has 7 heteroatoms. The summed E-state index contributed by atoms with van der Waals surface area (Å²) in [5, 5.41) is 0. The van der Waals surface area contributed by atoms with Crippen LogP contribution in [0.3, 0.4) is 0 Å². The molecular weight excluding hydrogens is 312 g/mol. The maximum Gasteiger partial charge on any atom is 0.290 e. The number of amides is 2. The zero-order chi connectivity index (χ0) is 18.3. The number of carbonyl (C=O) groups is 4. The summed E-state index contributed by atoms with van der Waals surface area (Å²) >= 11 is 0. The van der Waals surface area contributed by atoms with Crippen molar-refractivity contribution in [2.45, 2.75) is 34.1 Å². The molecule has 0 aromatic rings. The average molecular weight is 340 g/mol. The Morgan fingerprint density at radius 2 is 1.58 bits per heavy atom.